The molecular weight excluding hydrogens is 160 g/mol. The first-order valence-electron chi connectivity index (χ1n) is 1.84. The lowest BCUT2D eigenvalue weighted by Crippen LogP contribution is -2.30. The van der Waals surface area contributed by atoms with Gasteiger partial charge in [0.05, 0.1) is 0 Å². The standard InChI is InChI=1S/C3H7BrN2O/c4-1-2-6(5)3-7/h3H,1-2,5H2. The Labute approximate surface area is 50.6 Å². The van der Waals surface area contributed by atoms with Crippen molar-refractivity contribution in [1.82, 2.24) is 5.01 Å². The molecule has 1 amide bonds. The van der Waals surface area contributed by atoms with Gasteiger partial charge in [-0.2, -0.15) is 0 Å². The summed E-state index contributed by atoms with van der Waals surface area (Å²) in [5.41, 5.74) is 0. The van der Waals surface area contributed by atoms with E-state index in [1.54, 1.807) is 0 Å². The molecule has 0 heterocycles. The van der Waals surface area contributed by atoms with E-state index < -0.39 is 0 Å². The Morgan fingerprint density at radius 3 is 2.57 bits per heavy atom. The number of amides is 1. The van der Waals surface area contributed by atoms with Crippen molar-refractivity contribution < 1.29 is 4.79 Å². The third-order valence-corrected chi connectivity index (χ3v) is 0.833. The molecule has 0 radical (unpaired) electrons. The van der Waals surface area contributed by atoms with E-state index in [0.717, 1.165) is 10.3 Å². The number of nitrogens with zero attached hydrogens (tertiary/aromatic N) is 1. The summed E-state index contributed by atoms with van der Waals surface area (Å²) in [4.78, 5) is 9.67. The van der Waals surface area contributed by atoms with Crippen LogP contribution < -0.4 is 5.84 Å². The summed E-state index contributed by atoms with van der Waals surface area (Å²) < 4.78 is 0. The van der Waals surface area contributed by atoms with E-state index in [0.29, 0.717) is 13.0 Å². The van der Waals surface area contributed by atoms with E-state index in [-0.39, 0.29) is 0 Å². The van der Waals surface area contributed by atoms with Gasteiger partial charge < -0.3 is 0 Å². The van der Waals surface area contributed by atoms with Gasteiger partial charge in [0.1, 0.15) is 0 Å². The second-order valence-electron chi connectivity index (χ2n) is 1.03. The maximum Gasteiger partial charge on any atom is 0.223 e. The van der Waals surface area contributed by atoms with E-state index >= 15 is 0 Å². The van der Waals surface area contributed by atoms with Gasteiger partial charge in [0.25, 0.3) is 0 Å². The van der Waals surface area contributed by atoms with Gasteiger partial charge in [0.15, 0.2) is 0 Å². The highest BCUT2D eigenvalue weighted by atomic mass is 79.9. The molecule has 0 fully saturated rings. The van der Waals surface area contributed by atoms with Crippen LogP contribution in [0.15, 0.2) is 0 Å². The second-order valence-corrected chi connectivity index (χ2v) is 1.83. The summed E-state index contributed by atoms with van der Waals surface area (Å²) >= 11 is 3.11. The van der Waals surface area contributed by atoms with Crippen LogP contribution in [0.3, 0.4) is 0 Å². The maximum atomic E-state index is 9.67. The van der Waals surface area contributed by atoms with Crippen molar-refractivity contribution in [2.45, 2.75) is 0 Å². The number of nitrogens with two attached hydrogens (primary N) is 1. The minimum absolute atomic E-state index is 0.559. The topological polar surface area (TPSA) is 46.3 Å². The van der Waals surface area contributed by atoms with E-state index in [9.17, 15) is 4.79 Å². The highest BCUT2D eigenvalue weighted by molar-refractivity contribution is 9.09. The van der Waals surface area contributed by atoms with Crippen LogP contribution in [0.1, 0.15) is 0 Å². The number of alkyl halides is 1. The molecule has 0 saturated heterocycles. The van der Waals surface area contributed by atoms with Crippen molar-refractivity contribution >= 4 is 22.3 Å². The van der Waals surface area contributed by atoms with Crippen molar-refractivity contribution in [2.75, 3.05) is 11.9 Å². The fraction of sp³-hybridized carbons (Fsp3) is 0.667. The van der Waals surface area contributed by atoms with E-state index in [4.69, 9.17) is 5.84 Å². The molecular formula is C3H7BrN2O. The number of hydrazine groups is 1. The van der Waals surface area contributed by atoms with Crippen LogP contribution in [0.25, 0.3) is 0 Å². The Bertz CT molecular complexity index is 58.9. The fourth-order valence-electron chi connectivity index (χ4n) is 0.150. The van der Waals surface area contributed by atoms with Gasteiger partial charge in [-0.25, -0.2) is 5.84 Å². The molecule has 2 N–H and O–H groups in total. The van der Waals surface area contributed by atoms with Crippen LogP contribution in [-0.4, -0.2) is 23.3 Å². The zero-order valence-electron chi connectivity index (χ0n) is 3.80. The molecule has 42 valence electrons. The highest BCUT2D eigenvalue weighted by Gasteiger charge is 1.86. The molecule has 0 saturated carbocycles. The SMILES string of the molecule is NN(C=O)CCBr. The molecule has 0 aromatic heterocycles. The van der Waals surface area contributed by atoms with Gasteiger partial charge in [-0.3, -0.25) is 9.80 Å². The first kappa shape index (κ1) is 6.91. The van der Waals surface area contributed by atoms with Gasteiger partial charge in [0, 0.05) is 11.9 Å². The van der Waals surface area contributed by atoms with Crippen molar-refractivity contribution in [3.63, 3.8) is 0 Å². The number of carbonyl (C=O) groups excluding carboxylic acids is 1. The quantitative estimate of drug-likeness (QED) is 0.206. The Morgan fingerprint density at radius 1 is 1.86 bits per heavy atom. The first-order valence-corrected chi connectivity index (χ1v) is 2.96. The third-order valence-electron chi connectivity index (χ3n) is 0.478. The van der Waals surface area contributed by atoms with Crippen LogP contribution in [0.4, 0.5) is 0 Å². The van der Waals surface area contributed by atoms with Gasteiger partial charge in [-0.05, 0) is 0 Å². The van der Waals surface area contributed by atoms with Crippen molar-refractivity contribution in [2.24, 2.45) is 5.84 Å². The van der Waals surface area contributed by atoms with Crippen LogP contribution in [-0.2, 0) is 4.79 Å². The van der Waals surface area contributed by atoms with Crippen LogP contribution in [0, 0.1) is 0 Å². The average Bonchev–Trinajstić information content (AvgIpc) is 1.68. The molecule has 0 aliphatic carbocycles. The Morgan fingerprint density at radius 2 is 2.43 bits per heavy atom. The van der Waals surface area contributed by atoms with Crippen molar-refractivity contribution in [3.8, 4) is 0 Å². The molecule has 0 aliphatic rings. The summed E-state index contributed by atoms with van der Waals surface area (Å²) in [7, 11) is 0. The summed E-state index contributed by atoms with van der Waals surface area (Å²) in [5, 5.41) is 1.80. The molecule has 0 bridgehead atoms. The predicted octanol–water partition coefficient (Wildman–Crippen LogP) is -0.287. The molecule has 4 heteroatoms. The smallest absolute Gasteiger partial charge is 0.223 e. The molecule has 0 spiro atoms. The molecule has 3 nitrogen and oxygen atoms in total. The lowest BCUT2D eigenvalue weighted by atomic mass is 10.7. The summed E-state index contributed by atoms with van der Waals surface area (Å²) in [6.07, 6.45) is 0.585. The number of rotatable bonds is 3. The van der Waals surface area contributed by atoms with E-state index in [2.05, 4.69) is 15.9 Å². The zero-order valence-corrected chi connectivity index (χ0v) is 5.39. The highest BCUT2D eigenvalue weighted by Crippen LogP contribution is 1.77. The molecule has 0 aromatic rings. The van der Waals surface area contributed by atoms with Gasteiger partial charge in [-0.1, -0.05) is 15.9 Å². The Hall–Kier alpha value is -0.0900. The van der Waals surface area contributed by atoms with Crippen LogP contribution in [0.5, 0.6) is 0 Å². The minimum atomic E-state index is 0.559. The fourth-order valence-corrected chi connectivity index (χ4v) is 0.560. The maximum absolute atomic E-state index is 9.67. The summed E-state index contributed by atoms with van der Waals surface area (Å²) in [6.45, 7) is 0.559. The van der Waals surface area contributed by atoms with Gasteiger partial charge >= 0.3 is 0 Å². The zero-order chi connectivity index (χ0) is 5.70. The second kappa shape index (κ2) is 4.08. The van der Waals surface area contributed by atoms with Crippen molar-refractivity contribution in [1.29, 1.82) is 0 Å². The van der Waals surface area contributed by atoms with Crippen LogP contribution >= 0.6 is 15.9 Å². The van der Waals surface area contributed by atoms with E-state index in [1.807, 2.05) is 0 Å². The number of hydrogen-bond donors (Lipinski definition) is 1. The number of carbonyl (C=O) groups is 1. The lowest BCUT2D eigenvalue weighted by Gasteiger charge is -2.04. The molecule has 0 aromatic carbocycles. The minimum Gasteiger partial charge on any atom is -0.282 e. The van der Waals surface area contributed by atoms with E-state index in [1.165, 1.54) is 0 Å². The number of halogens is 1. The normalized spacial score (nSPS) is 8.29. The molecule has 7 heavy (non-hydrogen) atoms. The van der Waals surface area contributed by atoms with Crippen molar-refractivity contribution in [3.05, 3.63) is 0 Å². The third kappa shape index (κ3) is 3.75. The van der Waals surface area contributed by atoms with Gasteiger partial charge in [-0.15, -0.1) is 0 Å². The molecule has 0 rings (SSSR count). The Kier molecular flexibility index (Phi) is 4.03. The molecule has 0 aliphatic heterocycles. The molecule has 0 unspecified atom stereocenters. The first-order chi connectivity index (χ1) is 3.31. The monoisotopic (exact) mass is 166 g/mol. The lowest BCUT2D eigenvalue weighted by molar-refractivity contribution is -0.118. The number of hydrogen-bond acceptors (Lipinski definition) is 2. The van der Waals surface area contributed by atoms with Crippen LogP contribution in [0.2, 0.25) is 0 Å². The largest absolute Gasteiger partial charge is 0.282 e. The molecule has 0 atom stereocenters. The predicted molar refractivity (Wildman–Crippen MR) is 30.8 cm³/mol. The van der Waals surface area contributed by atoms with Gasteiger partial charge in [0.2, 0.25) is 6.41 Å². The summed E-state index contributed by atoms with van der Waals surface area (Å²) in [5.74, 6) is 5.02. The Balaban J connectivity index is 2.98. The summed E-state index contributed by atoms with van der Waals surface area (Å²) in [6, 6.07) is 0. The average molecular weight is 167 g/mol.